The van der Waals surface area contributed by atoms with E-state index in [1.165, 1.54) is 0 Å². The van der Waals surface area contributed by atoms with Crippen molar-refractivity contribution in [2.75, 3.05) is 0 Å². The number of aliphatic hydroxyl groups is 3. The van der Waals surface area contributed by atoms with Gasteiger partial charge >= 0.3 is 5.97 Å². The second kappa shape index (κ2) is 16.2. The van der Waals surface area contributed by atoms with Gasteiger partial charge in [-0.05, 0) is 95.6 Å². The first-order chi connectivity index (χ1) is 24.8. The number of hydrogen-bond donors (Lipinski definition) is 4. The SMILES string of the molecule is CC[C@@H](C(=O)O)C1CC[C@H](C)C([C@@H](C)[C@H](O)[C@H](C)C(=O)[C@H](CC)C2O[C@@]3(C=C[C@@H](O)[C@@]4(CC[C@@](C)(C5CC[C@](O)(CC)[C@H](C)O5)O4)O3)[C@H](C)C[C@@H]2C)O1. The largest absolute Gasteiger partial charge is 0.481 e. The third-order valence-corrected chi connectivity index (χ3v) is 14.4. The molecule has 2 spiro atoms. The Morgan fingerprint density at radius 2 is 1.57 bits per heavy atom. The molecule has 5 aliphatic heterocycles. The molecule has 0 saturated carbocycles. The Kier molecular flexibility index (Phi) is 13.0. The summed E-state index contributed by atoms with van der Waals surface area (Å²) in [4.78, 5) is 26.4. The molecule has 18 atom stereocenters. The number of rotatable bonds is 12. The number of carboxylic acids is 1. The second-order valence-corrected chi connectivity index (χ2v) is 17.9. The van der Waals surface area contributed by atoms with Crippen LogP contribution in [0.25, 0.3) is 0 Å². The Labute approximate surface area is 317 Å². The zero-order valence-corrected chi connectivity index (χ0v) is 34.0. The maximum absolute atomic E-state index is 14.4. The molecule has 0 amide bonds. The van der Waals surface area contributed by atoms with Crippen molar-refractivity contribution in [3.05, 3.63) is 12.2 Å². The molecule has 5 aliphatic rings. The Balaban J connectivity index is 1.31. The molecule has 4 unspecified atom stereocenters. The van der Waals surface area contributed by atoms with Gasteiger partial charge in [0.05, 0.1) is 53.7 Å². The van der Waals surface area contributed by atoms with E-state index in [2.05, 4.69) is 20.8 Å². The lowest BCUT2D eigenvalue weighted by Crippen LogP contribution is -2.63. The first kappa shape index (κ1) is 42.7. The normalized spacial score (nSPS) is 46.2. The third-order valence-electron chi connectivity index (χ3n) is 14.4. The van der Waals surface area contributed by atoms with Gasteiger partial charge in [0.25, 0.3) is 0 Å². The number of carbonyl (C=O) groups is 2. The van der Waals surface area contributed by atoms with Crippen molar-refractivity contribution < 1.29 is 53.7 Å². The van der Waals surface area contributed by atoms with Gasteiger partial charge in [-0.3, -0.25) is 9.59 Å². The summed E-state index contributed by atoms with van der Waals surface area (Å²) in [6.07, 6.45) is 5.51. The summed E-state index contributed by atoms with van der Waals surface area (Å²) >= 11 is 0. The number of carboxylic acid groups (broad SMARTS) is 1. The number of Topliss-reactive ketones (excluding diaryl/α,β-unsaturated/α-hetero) is 1. The van der Waals surface area contributed by atoms with Gasteiger partial charge in [-0.15, -0.1) is 0 Å². The molecule has 4 saturated heterocycles. The molecule has 4 N–H and O–H groups in total. The van der Waals surface area contributed by atoms with E-state index in [-0.39, 0.29) is 41.8 Å². The van der Waals surface area contributed by atoms with Gasteiger partial charge in [0.1, 0.15) is 11.9 Å². The van der Waals surface area contributed by atoms with E-state index in [0.29, 0.717) is 57.8 Å². The molecule has 11 heteroatoms. The minimum absolute atomic E-state index is 0.0137. The van der Waals surface area contributed by atoms with Crippen LogP contribution in [0.5, 0.6) is 0 Å². The van der Waals surface area contributed by atoms with Crippen LogP contribution < -0.4 is 0 Å². The van der Waals surface area contributed by atoms with Gasteiger partial charge in [0, 0.05) is 30.1 Å². The standard InChI is InChI=1S/C42H70O11/c1-11-29(38(46)47)31-15-14-23(4)36(50-31)27(8)34(44)26(7)35(45)30(12-2)37-24(5)22-25(6)41(51-37)19-16-32(43)42(53-41)21-20-39(10,52-42)33-17-18-40(48,13-3)28(9)49-33/h16,19,23-34,36-37,43-44,48H,11-15,17-18,20-22H2,1-10H3,(H,46,47)/t23-,24-,25+,26-,27-,28-,29+,30-,31?,32+,33?,34+,36?,37?,39-,40+,41+,42+/m0/s1. The molecule has 0 bridgehead atoms. The fourth-order valence-electron chi connectivity index (χ4n) is 10.5. The van der Waals surface area contributed by atoms with Crippen LogP contribution in [0.3, 0.4) is 0 Å². The first-order valence-corrected chi connectivity index (χ1v) is 20.7. The van der Waals surface area contributed by atoms with Crippen molar-refractivity contribution in [1.82, 2.24) is 0 Å². The van der Waals surface area contributed by atoms with Gasteiger partial charge in [-0.2, -0.15) is 0 Å². The Bertz CT molecular complexity index is 1320. The number of carbonyl (C=O) groups excluding carboxylic acids is 1. The van der Waals surface area contributed by atoms with Gasteiger partial charge in [-0.25, -0.2) is 0 Å². The topological polar surface area (TPSA) is 161 Å². The van der Waals surface area contributed by atoms with Crippen LogP contribution in [-0.2, 0) is 33.3 Å². The molecule has 0 aliphatic carbocycles. The van der Waals surface area contributed by atoms with E-state index in [9.17, 15) is 30.0 Å². The Morgan fingerprint density at radius 3 is 2.17 bits per heavy atom. The molecule has 0 radical (unpaired) electrons. The van der Waals surface area contributed by atoms with Crippen molar-refractivity contribution in [2.24, 2.45) is 41.4 Å². The number of aliphatic hydroxyl groups excluding tert-OH is 2. The first-order valence-electron chi connectivity index (χ1n) is 20.7. The predicted molar refractivity (Wildman–Crippen MR) is 199 cm³/mol. The van der Waals surface area contributed by atoms with Gasteiger partial charge < -0.3 is 44.1 Å². The highest BCUT2D eigenvalue weighted by Crippen LogP contribution is 2.54. The van der Waals surface area contributed by atoms with Crippen molar-refractivity contribution in [3.63, 3.8) is 0 Å². The zero-order valence-electron chi connectivity index (χ0n) is 34.0. The van der Waals surface area contributed by atoms with Gasteiger partial charge in [-0.1, -0.05) is 55.4 Å². The average Bonchev–Trinajstić information content (AvgIpc) is 3.47. The predicted octanol–water partition coefficient (Wildman–Crippen LogP) is 6.19. The molecule has 0 aromatic heterocycles. The van der Waals surface area contributed by atoms with Crippen LogP contribution in [0.1, 0.15) is 133 Å². The van der Waals surface area contributed by atoms with Crippen LogP contribution in [0.15, 0.2) is 12.2 Å². The number of ether oxygens (including phenoxy) is 5. The van der Waals surface area contributed by atoms with Crippen LogP contribution in [0.2, 0.25) is 0 Å². The molecule has 4 fully saturated rings. The molecule has 53 heavy (non-hydrogen) atoms. The lowest BCUT2D eigenvalue weighted by molar-refractivity contribution is -0.409. The summed E-state index contributed by atoms with van der Waals surface area (Å²) in [5, 5.41) is 44.0. The number of hydrogen-bond acceptors (Lipinski definition) is 10. The van der Waals surface area contributed by atoms with Crippen molar-refractivity contribution >= 4 is 11.8 Å². The highest BCUT2D eigenvalue weighted by atomic mass is 16.8. The number of ketones is 1. The van der Waals surface area contributed by atoms with Crippen LogP contribution in [0.4, 0.5) is 0 Å². The van der Waals surface area contributed by atoms with E-state index in [1.54, 1.807) is 19.1 Å². The minimum atomic E-state index is -1.37. The molecule has 5 rings (SSSR count). The zero-order chi connectivity index (χ0) is 39.3. The van der Waals surface area contributed by atoms with Crippen LogP contribution in [0, 0.1) is 41.4 Å². The molecule has 5 heterocycles. The van der Waals surface area contributed by atoms with E-state index >= 15 is 0 Å². The van der Waals surface area contributed by atoms with E-state index in [1.807, 2.05) is 41.5 Å². The quantitative estimate of drug-likeness (QED) is 0.169. The summed E-state index contributed by atoms with van der Waals surface area (Å²) in [5.41, 5.74) is -1.63. The molecular weight excluding hydrogens is 680 g/mol. The summed E-state index contributed by atoms with van der Waals surface area (Å²) in [6, 6.07) is 0. The maximum Gasteiger partial charge on any atom is 0.309 e. The Morgan fingerprint density at radius 1 is 0.887 bits per heavy atom. The summed E-state index contributed by atoms with van der Waals surface area (Å²) < 4.78 is 33.5. The van der Waals surface area contributed by atoms with Gasteiger partial charge in [0.15, 0.2) is 5.79 Å². The summed E-state index contributed by atoms with van der Waals surface area (Å²) in [5.74, 6) is -5.78. The highest BCUT2D eigenvalue weighted by Gasteiger charge is 2.63. The Hall–Kier alpha value is -1.44. The van der Waals surface area contributed by atoms with Crippen molar-refractivity contribution in [3.8, 4) is 0 Å². The third kappa shape index (κ3) is 7.94. The van der Waals surface area contributed by atoms with E-state index in [0.717, 1.165) is 6.42 Å². The monoisotopic (exact) mass is 750 g/mol. The second-order valence-electron chi connectivity index (χ2n) is 17.9. The van der Waals surface area contributed by atoms with E-state index < -0.39 is 76.8 Å². The molecule has 0 aromatic carbocycles. The van der Waals surface area contributed by atoms with Crippen molar-refractivity contribution in [2.45, 2.75) is 199 Å². The molecular formula is C42H70O11. The fourth-order valence-corrected chi connectivity index (χ4v) is 10.5. The maximum atomic E-state index is 14.4. The smallest absolute Gasteiger partial charge is 0.309 e. The fraction of sp³-hybridized carbons (Fsp3) is 0.905. The van der Waals surface area contributed by atoms with Crippen LogP contribution in [-0.4, -0.2) is 97.7 Å². The summed E-state index contributed by atoms with van der Waals surface area (Å²) in [6.45, 7) is 19.6. The molecule has 0 aromatic rings. The molecule has 11 nitrogen and oxygen atoms in total. The average molecular weight is 751 g/mol. The summed E-state index contributed by atoms with van der Waals surface area (Å²) in [7, 11) is 0. The lowest BCUT2D eigenvalue weighted by atomic mass is 9.72. The van der Waals surface area contributed by atoms with Gasteiger partial charge in [0.2, 0.25) is 5.79 Å². The van der Waals surface area contributed by atoms with Crippen molar-refractivity contribution in [1.29, 1.82) is 0 Å². The highest BCUT2D eigenvalue weighted by molar-refractivity contribution is 5.84. The van der Waals surface area contributed by atoms with Crippen LogP contribution >= 0.6 is 0 Å². The molecule has 304 valence electrons. The minimum Gasteiger partial charge on any atom is -0.481 e. The van der Waals surface area contributed by atoms with E-state index in [4.69, 9.17) is 23.7 Å². The number of aliphatic carboxylic acids is 1. The lowest BCUT2D eigenvalue weighted by Gasteiger charge is -2.54.